The molecule has 0 spiro atoms. The maximum atomic E-state index is 13.9. The minimum Gasteiger partial charge on any atom is -0.495 e. The lowest BCUT2D eigenvalue weighted by Gasteiger charge is -2.32. The quantitative estimate of drug-likeness (QED) is 0.292. The molecule has 2 aromatic carbocycles. The largest absolute Gasteiger partial charge is 0.495 e. The molecule has 0 bridgehead atoms. The molecule has 0 aliphatic carbocycles. The SMILES string of the molecule is COc1ccc(OC)c2sc(N(Cc3ccccn3)C(=O)c3ccc(S(=O)(=O)N4CCCCC4C)cc3)nc12. The number of sulfonamides is 1. The van der Waals surface area contributed by atoms with E-state index in [-0.39, 0.29) is 23.4 Å². The lowest BCUT2D eigenvalue weighted by atomic mass is 10.1. The van der Waals surface area contributed by atoms with Crippen LogP contribution in [0.15, 0.2) is 65.7 Å². The molecule has 0 radical (unpaired) electrons. The number of hydrogen-bond donors (Lipinski definition) is 0. The molecule has 1 aliphatic rings. The Labute approximate surface area is 232 Å². The fourth-order valence-corrected chi connectivity index (χ4v) is 7.53. The Kier molecular flexibility index (Phi) is 7.83. The number of piperidine rings is 1. The second-order valence-corrected chi connectivity index (χ2v) is 12.2. The molecule has 1 atom stereocenters. The van der Waals surface area contributed by atoms with Gasteiger partial charge in [0.1, 0.15) is 21.7 Å². The first-order chi connectivity index (χ1) is 18.8. The summed E-state index contributed by atoms with van der Waals surface area (Å²) in [4.78, 5) is 24.8. The summed E-state index contributed by atoms with van der Waals surface area (Å²) in [5, 5.41) is 0.447. The van der Waals surface area contributed by atoms with Crippen molar-refractivity contribution in [2.75, 3.05) is 25.7 Å². The first-order valence-electron chi connectivity index (χ1n) is 12.7. The number of nitrogens with zero attached hydrogens (tertiary/aromatic N) is 4. The van der Waals surface area contributed by atoms with E-state index in [1.165, 1.54) is 23.5 Å². The molecule has 1 fully saturated rings. The van der Waals surface area contributed by atoms with Gasteiger partial charge in [-0.15, -0.1) is 0 Å². The van der Waals surface area contributed by atoms with E-state index in [0.29, 0.717) is 39.9 Å². The van der Waals surface area contributed by atoms with Crippen molar-refractivity contribution in [3.63, 3.8) is 0 Å². The van der Waals surface area contributed by atoms with Gasteiger partial charge in [-0.05, 0) is 68.3 Å². The minimum absolute atomic E-state index is 0.0491. The van der Waals surface area contributed by atoms with Crippen molar-refractivity contribution in [3.05, 3.63) is 72.1 Å². The van der Waals surface area contributed by atoms with E-state index in [1.54, 1.807) is 53.9 Å². The summed E-state index contributed by atoms with van der Waals surface area (Å²) in [6.45, 7) is 2.62. The molecule has 1 unspecified atom stereocenters. The molecular formula is C28H30N4O5S2. The average Bonchev–Trinajstić information content (AvgIpc) is 3.41. The zero-order valence-corrected chi connectivity index (χ0v) is 23.7. The van der Waals surface area contributed by atoms with E-state index in [2.05, 4.69) is 4.98 Å². The molecule has 1 aliphatic heterocycles. The third-order valence-corrected chi connectivity index (χ3v) is 9.99. The predicted molar refractivity (Wildman–Crippen MR) is 151 cm³/mol. The molecule has 39 heavy (non-hydrogen) atoms. The molecule has 0 N–H and O–H groups in total. The lowest BCUT2D eigenvalue weighted by Crippen LogP contribution is -2.41. The minimum atomic E-state index is -3.65. The maximum absolute atomic E-state index is 13.9. The fourth-order valence-electron chi connectivity index (χ4n) is 4.76. The topological polar surface area (TPSA) is 102 Å². The summed E-state index contributed by atoms with van der Waals surface area (Å²) in [7, 11) is -0.499. The van der Waals surface area contributed by atoms with Gasteiger partial charge in [0, 0.05) is 24.3 Å². The highest BCUT2D eigenvalue weighted by Crippen LogP contribution is 2.40. The molecule has 9 nitrogen and oxygen atoms in total. The van der Waals surface area contributed by atoms with Crippen molar-refractivity contribution in [1.82, 2.24) is 14.3 Å². The summed E-state index contributed by atoms with van der Waals surface area (Å²) >= 11 is 1.31. The number of ether oxygens (including phenoxy) is 2. The van der Waals surface area contributed by atoms with Crippen LogP contribution in [0.25, 0.3) is 10.2 Å². The van der Waals surface area contributed by atoms with E-state index >= 15 is 0 Å². The molecule has 2 aromatic heterocycles. The number of aromatic nitrogens is 2. The smallest absolute Gasteiger partial charge is 0.260 e. The van der Waals surface area contributed by atoms with Gasteiger partial charge in [0.25, 0.3) is 5.91 Å². The van der Waals surface area contributed by atoms with Crippen molar-refractivity contribution in [2.24, 2.45) is 0 Å². The third-order valence-electron chi connectivity index (χ3n) is 6.87. The number of carbonyl (C=O) groups is 1. The van der Waals surface area contributed by atoms with Crippen LogP contribution in [0, 0.1) is 0 Å². The number of thiazole rings is 1. The Hall–Kier alpha value is -3.54. The summed E-state index contributed by atoms with van der Waals surface area (Å²) < 4.78 is 39.9. The van der Waals surface area contributed by atoms with Crippen molar-refractivity contribution in [3.8, 4) is 11.5 Å². The van der Waals surface area contributed by atoms with Gasteiger partial charge in [-0.3, -0.25) is 14.7 Å². The first kappa shape index (κ1) is 27.0. The number of benzene rings is 2. The second kappa shape index (κ2) is 11.3. The van der Waals surface area contributed by atoms with Crippen molar-refractivity contribution < 1.29 is 22.7 Å². The number of hydrogen-bond acceptors (Lipinski definition) is 8. The second-order valence-electron chi connectivity index (χ2n) is 9.34. The van der Waals surface area contributed by atoms with Crippen molar-refractivity contribution >= 4 is 42.6 Å². The maximum Gasteiger partial charge on any atom is 0.260 e. The highest BCUT2D eigenvalue weighted by molar-refractivity contribution is 7.89. The molecular weight excluding hydrogens is 536 g/mol. The van der Waals surface area contributed by atoms with Gasteiger partial charge in [-0.2, -0.15) is 4.31 Å². The van der Waals surface area contributed by atoms with Gasteiger partial charge < -0.3 is 9.47 Å². The van der Waals surface area contributed by atoms with Gasteiger partial charge in [-0.1, -0.05) is 23.8 Å². The molecule has 204 valence electrons. The Morgan fingerprint density at radius 1 is 1.05 bits per heavy atom. The number of amides is 1. The highest BCUT2D eigenvalue weighted by Gasteiger charge is 2.31. The van der Waals surface area contributed by atoms with E-state index in [4.69, 9.17) is 14.5 Å². The van der Waals surface area contributed by atoms with Gasteiger partial charge in [-0.25, -0.2) is 13.4 Å². The number of rotatable bonds is 8. The predicted octanol–water partition coefficient (Wildman–Crippen LogP) is 5.12. The van der Waals surface area contributed by atoms with Crippen molar-refractivity contribution in [1.29, 1.82) is 0 Å². The Balaban J connectivity index is 1.51. The summed E-state index contributed by atoms with van der Waals surface area (Å²) in [6.07, 6.45) is 4.39. The van der Waals surface area contributed by atoms with Crippen molar-refractivity contribution in [2.45, 2.75) is 43.7 Å². The fraction of sp³-hybridized carbons (Fsp3) is 0.321. The van der Waals surface area contributed by atoms with Gasteiger partial charge in [0.05, 0.1) is 31.4 Å². The van der Waals surface area contributed by atoms with E-state index in [1.807, 2.05) is 25.1 Å². The number of methoxy groups -OCH3 is 2. The molecule has 11 heteroatoms. The van der Waals surface area contributed by atoms with E-state index in [9.17, 15) is 13.2 Å². The number of anilines is 1. The molecule has 3 heterocycles. The standard InChI is InChI=1S/C28H30N4O5S2/c1-19-8-5-7-17-32(19)39(34,35)22-12-10-20(11-13-22)27(33)31(18-21-9-4-6-16-29-21)28-30-25-23(36-2)14-15-24(37-3)26(25)38-28/h4,6,9-16,19H,5,7-8,17-18H2,1-3H3. The van der Waals surface area contributed by atoms with Crippen LogP contribution in [0.5, 0.6) is 11.5 Å². The number of pyridine rings is 1. The molecule has 1 amide bonds. The zero-order chi connectivity index (χ0) is 27.6. The summed E-state index contributed by atoms with van der Waals surface area (Å²) in [6, 6.07) is 15.2. The third kappa shape index (κ3) is 5.34. The Morgan fingerprint density at radius 2 is 1.79 bits per heavy atom. The first-order valence-corrected chi connectivity index (χ1v) is 14.9. The van der Waals surface area contributed by atoms with Crippen LogP contribution in [0.3, 0.4) is 0 Å². The van der Waals surface area contributed by atoms with E-state index in [0.717, 1.165) is 24.0 Å². The highest BCUT2D eigenvalue weighted by atomic mass is 32.2. The van der Waals surface area contributed by atoms with E-state index < -0.39 is 10.0 Å². The van der Waals surface area contributed by atoms with Crippen LogP contribution < -0.4 is 14.4 Å². The average molecular weight is 567 g/mol. The van der Waals surface area contributed by atoms with Crippen LogP contribution in [0.4, 0.5) is 5.13 Å². The molecule has 1 saturated heterocycles. The van der Waals surface area contributed by atoms with Gasteiger partial charge >= 0.3 is 0 Å². The van der Waals surface area contributed by atoms with Gasteiger partial charge in [0.15, 0.2) is 5.13 Å². The summed E-state index contributed by atoms with van der Waals surface area (Å²) in [5.74, 6) is 0.870. The number of carbonyl (C=O) groups excluding carboxylic acids is 1. The summed E-state index contributed by atoms with van der Waals surface area (Å²) in [5.41, 5.74) is 1.62. The Morgan fingerprint density at radius 3 is 2.46 bits per heavy atom. The molecule has 5 rings (SSSR count). The normalized spacial score (nSPS) is 16.2. The van der Waals surface area contributed by atoms with Gasteiger partial charge in [0.2, 0.25) is 10.0 Å². The molecule has 4 aromatic rings. The van der Waals surface area contributed by atoms with Crippen LogP contribution in [-0.4, -0.2) is 55.4 Å². The van der Waals surface area contributed by atoms with Crippen LogP contribution in [-0.2, 0) is 16.6 Å². The van der Waals surface area contributed by atoms with Crippen LogP contribution in [0.1, 0.15) is 42.2 Å². The van der Waals surface area contributed by atoms with Crippen LogP contribution in [0.2, 0.25) is 0 Å². The number of fused-ring (bicyclic) bond motifs is 1. The zero-order valence-electron chi connectivity index (χ0n) is 22.0. The lowest BCUT2D eigenvalue weighted by molar-refractivity contribution is 0.0984. The molecule has 0 saturated carbocycles. The monoisotopic (exact) mass is 566 g/mol. The Bertz CT molecular complexity index is 1530. The van der Waals surface area contributed by atoms with Crippen LogP contribution >= 0.6 is 11.3 Å².